The van der Waals surface area contributed by atoms with Crippen molar-refractivity contribution in [2.24, 2.45) is 11.8 Å². The van der Waals surface area contributed by atoms with E-state index in [1.165, 1.54) is 19.4 Å². The summed E-state index contributed by atoms with van der Waals surface area (Å²) >= 11 is 0. The highest BCUT2D eigenvalue weighted by atomic mass is 16.3. The van der Waals surface area contributed by atoms with Gasteiger partial charge in [-0.1, -0.05) is 6.92 Å². The topological polar surface area (TPSA) is 64.6 Å². The molecule has 0 aromatic rings. The molecular formula is C15H31N3O2. The lowest BCUT2D eigenvalue weighted by atomic mass is 9.97. The summed E-state index contributed by atoms with van der Waals surface area (Å²) in [6, 6.07) is 0.502. The summed E-state index contributed by atoms with van der Waals surface area (Å²) in [6.07, 6.45) is 3.15. The van der Waals surface area contributed by atoms with Crippen molar-refractivity contribution >= 4 is 6.03 Å². The maximum Gasteiger partial charge on any atom is 0.314 e. The van der Waals surface area contributed by atoms with Gasteiger partial charge in [0.2, 0.25) is 0 Å². The average Bonchev–Trinajstić information content (AvgIpc) is 2.43. The van der Waals surface area contributed by atoms with Gasteiger partial charge in [-0.2, -0.15) is 0 Å². The monoisotopic (exact) mass is 285 g/mol. The minimum atomic E-state index is -0.0866. The third kappa shape index (κ3) is 6.57. The van der Waals surface area contributed by atoms with Gasteiger partial charge in [0.1, 0.15) is 0 Å². The Kier molecular flexibility index (Phi) is 7.92. The van der Waals surface area contributed by atoms with Gasteiger partial charge >= 0.3 is 6.03 Å². The number of aliphatic hydroxyl groups excluding tert-OH is 1. The van der Waals surface area contributed by atoms with E-state index in [1.54, 1.807) is 0 Å². The maximum absolute atomic E-state index is 11.7. The van der Waals surface area contributed by atoms with Crippen LogP contribution in [0.15, 0.2) is 0 Å². The van der Waals surface area contributed by atoms with Crippen molar-refractivity contribution in [1.82, 2.24) is 15.5 Å². The van der Waals surface area contributed by atoms with E-state index >= 15 is 0 Å². The predicted molar refractivity (Wildman–Crippen MR) is 81.7 cm³/mol. The molecule has 1 aliphatic rings. The SMILES string of the molecule is CC(CCO)CNC(=O)NCC1CCCN(C(C)C)C1. The van der Waals surface area contributed by atoms with Gasteiger partial charge in [-0.15, -0.1) is 0 Å². The number of hydrogen-bond acceptors (Lipinski definition) is 3. The number of carbonyl (C=O) groups is 1. The average molecular weight is 285 g/mol. The lowest BCUT2D eigenvalue weighted by Crippen LogP contribution is -2.46. The molecule has 20 heavy (non-hydrogen) atoms. The van der Waals surface area contributed by atoms with Crippen LogP contribution in [0, 0.1) is 11.8 Å². The largest absolute Gasteiger partial charge is 0.396 e. The molecule has 0 aromatic heterocycles. The Labute approximate surface area is 123 Å². The normalized spacial score (nSPS) is 21.8. The Morgan fingerprint density at radius 1 is 1.35 bits per heavy atom. The molecule has 0 saturated carbocycles. The number of aliphatic hydroxyl groups is 1. The molecule has 0 aliphatic carbocycles. The molecule has 1 saturated heterocycles. The second kappa shape index (κ2) is 9.19. The molecule has 5 heteroatoms. The van der Waals surface area contributed by atoms with Gasteiger partial charge in [-0.3, -0.25) is 0 Å². The quantitative estimate of drug-likeness (QED) is 0.663. The minimum absolute atomic E-state index is 0.0866. The van der Waals surface area contributed by atoms with Crippen LogP contribution in [0.3, 0.4) is 0 Å². The third-order valence-corrected chi connectivity index (χ3v) is 4.06. The van der Waals surface area contributed by atoms with Crippen molar-refractivity contribution < 1.29 is 9.90 Å². The zero-order valence-electron chi connectivity index (χ0n) is 13.2. The molecule has 118 valence electrons. The van der Waals surface area contributed by atoms with Crippen LogP contribution in [0.2, 0.25) is 0 Å². The van der Waals surface area contributed by atoms with Crippen LogP contribution in [-0.4, -0.2) is 54.9 Å². The van der Waals surface area contributed by atoms with Crippen molar-refractivity contribution in [2.75, 3.05) is 32.8 Å². The van der Waals surface area contributed by atoms with Crippen molar-refractivity contribution in [3.8, 4) is 0 Å². The Hall–Kier alpha value is -0.810. The number of piperidine rings is 1. The molecular weight excluding hydrogens is 254 g/mol. The number of carbonyl (C=O) groups excluding carboxylic acids is 1. The van der Waals surface area contributed by atoms with Crippen LogP contribution in [0.4, 0.5) is 4.79 Å². The van der Waals surface area contributed by atoms with Crippen LogP contribution in [-0.2, 0) is 0 Å². The smallest absolute Gasteiger partial charge is 0.314 e. The zero-order valence-corrected chi connectivity index (χ0v) is 13.2. The van der Waals surface area contributed by atoms with E-state index < -0.39 is 0 Å². The van der Waals surface area contributed by atoms with Crippen LogP contribution in [0.5, 0.6) is 0 Å². The molecule has 2 amide bonds. The van der Waals surface area contributed by atoms with Gasteiger partial charge in [-0.25, -0.2) is 4.79 Å². The Morgan fingerprint density at radius 2 is 2.10 bits per heavy atom. The first kappa shape index (κ1) is 17.2. The molecule has 0 aromatic carbocycles. The van der Waals surface area contributed by atoms with E-state index in [9.17, 15) is 4.79 Å². The summed E-state index contributed by atoms with van der Waals surface area (Å²) in [5.74, 6) is 0.878. The van der Waals surface area contributed by atoms with E-state index in [2.05, 4.69) is 29.4 Å². The molecule has 1 heterocycles. The summed E-state index contributed by atoms with van der Waals surface area (Å²) in [4.78, 5) is 14.2. The van der Waals surface area contributed by atoms with Crippen LogP contribution in [0.1, 0.15) is 40.0 Å². The first-order valence-electron chi connectivity index (χ1n) is 7.89. The van der Waals surface area contributed by atoms with Gasteiger partial charge in [0, 0.05) is 32.3 Å². The van der Waals surface area contributed by atoms with Gasteiger partial charge in [0.15, 0.2) is 0 Å². The number of urea groups is 1. The maximum atomic E-state index is 11.7. The fourth-order valence-corrected chi connectivity index (χ4v) is 2.62. The molecule has 0 spiro atoms. The second-order valence-corrected chi connectivity index (χ2v) is 6.31. The lowest BCUT2D eigenvalue weighted by Gasteiger charge is -2.35. The van der Waals surface area contributed by atoms with Gasteiger partial charge < -0.3 is 20.6 Å². The van der Waals surface area contributed by atoms with E-state index in [0.29, 0.717) is 24.4 Å². The first-order valence-corrected chi connectivity index (χ1v) is 7.89. The third-order valence-electron chi connectivity index (χ3n) is 4.06. The standard InChI is InChI=1S/C15H31N3O2/c1-12(2)18-7-4-5-14(11-18)10-17-15(20)16-9-13(3)6-8-19/h12-14,19H,4-11H2,1-3H3,(H2,16,17,20). The van der Waals surface area contributed by atoms with Crippen molar-refractivity contribution in [2.45, 2.75) is 46.1 Å². The second-order valence-electron chi connectivity index (χ2n) is 6.31. The number of amides is 2. The zero-order chi connectivity index (χ0) is 15.0. The lowest BCUT2D eigenvalue weighted by molar-refractivity contribution is 0.139. The van der Waals surface area contributed by atoms with Crippen LogP contribution >= 0.6 is 0 Å². The number of nitrogens with one attached hydrogen (secondary N) is 2. The van der Waals surface area contributed by atoms with Gasteiger partial charge in [-0.05, 0) is 51.5 Å². The highest BCUT2D eigenvalue weighted by molar-refractivity contribution is 5.73. The van der Waals surface area contributed by atoms with E-state index in [-0.39, 0.29) is 12.6 Å². The van der Waals surface area contributed by atoms with Crippen LogP contribution < -0.4 is 10.6 Å². The fraction of sp³-hybridized carbons (Fsp3) is 0.933. The summed E-state index contributed by atoms with van der Waals surface area (Å²) in [5, 5.41) is 14.6. The molecule has 5 nitrogen and oxygen atoms in total. The molecule has 3 N–H and O–H groups in total. The number of hydrogen-bond donors (Lipinski definition) is 3. The molecule has 1 aliphatic heterocycles. The fourth-order valence-electron chi connectivity index (χ4n) is 2.62. The Bertz CT molecular complexity index is 284. The van der Waals surface area contributed by atoms with Crippen molar-refractivity contribution in [1.29, 1.82) is 0 Å². The Balaban J connectivity index is 2.17. The summed E-state index contributed by atoms with van der Waals surface area (Å²) in [6.45, 7) is 10.3. The summed E-state index contributed by atoms with van der Waals surface area (Å²) < 4.78 is 0. The molecule has 0 radical (unpaired) electrons. The summed E-state index contributed by atoms with van der Waals surface area (Å²) in [7, 11) is 0. The van der Waals surface area contributed by atoms with Gasteiger partial charge in [0.25, 0.3) is 0 Å². The summed E-state index contributed by atoms with van der Waals surface area (Å²) in [5.41, 5.74) is 0. The molecule has 1 rings (SSSR count). The Morgan fingerprint density at radius 3 is 2.75 bits per heavy atom. The number of nitrogens with zero attached hydrogens (tertiary/aromatic N) is 1. The van der Waals surface area contributed by atoms with E-state index in [0.717, 1.165) is 19.5 Å². The minimum Gasteiger partial charge on any atom is -0.396 e. The molecule has 2 unspecified atom stereocenters. The predicted octanol–water partition coefficient (Wildman–Crippen LogP) is 1.42. The molecule has 1 fully saturated rings. The highest BCUT2D eigenvalue weighted by Gasteiger charge is 2.21. The number of rotatable bonds is 7. The molecule has 2 atom stereocenters. The molecule has 0 bridgehead atoms. The van der Waals surface area contributed by atoms with E-state index in [4.69, 9.17) is 5.11 Å². The van der Waals surface area contributed by atoms with Crippen molar-refractivity contribution in [3.05, 3.63) is 0 Å². The highest BCUT2D eigenvalue weighted by Crippen LogP contribution is 2.17. The van der Waals surface area contributed by atoms with E-state index in [1.807, 2.05) is 6.92 Å². The first-order chi connectivity index (χ1) is 9.52. The van der Waals surface area contributed by atoms with Crippen LogP contribution in [0.25, 0.3) is 0 Å². The van der Waals surface area contributed by atoms with Gasteiger partial charge in [0.05, 0.1) is 0 Å². The number of likely N-dealkylation sites (tertiary alicyclic amines) is 1. The van der Waals surface area contributed by atoms with Crippen molar-refractivity contribution in [3.63, 3.8) is 0 Å².